The molecule has 2 aromatic carbocycles. The van der Waals surface area contributed by atoms with Crippen LogP contribution >= 0.6 is 0 Å². The first-order valence-electron chi connectivity index (χ1n) is 9.11. The zero-order valence-corrected chi connectivity index (χ0v) is 14.9. The van der Waals surface area contributed by atoms with E-state index in [1.165, 1.54) is 4.57 Å². The number of para-hydroxylation sites is 1. The van der Waals surface area contributed by atoms with Crippen molar-refractivity contribution in [2.24, 2.45) is 5.10 Å². The second-order valence-electron chi connectivity index (χ2n) is 6.66. The molecule has 0 unspecified atom stereocenters. The minimum atomic E-state index is -0.465. The van der Waals surface area contributed by atoms with Crippen molar-refractivity contribution in [3.8, 4) is 0 Å². The van der Waals surface area contributed by atoms with Crippen LogP contribution in [0.4, 0.5) is 0 Å². The number of carbonyl (C=O) groups excluding carboxylic acids is 1. The summed E-state index contributed by atoms with van der Waals surface area (Å²) in [5.74, 6) is -0.391. The summed E-state index contributed by atoms with van der Waals surface area (Å²) < 4.78 is 1.42. The van der Waals surface area contributed by atoms with Crippen molar-refractivity contribution in [3.63, 3.8) is 0 Å². The van der Waals surface area contributed by atoms with Gasteiger partial charge in [0, 0.05) is 5.71 Å². The summed E-state index contributed by atoms with van der Waals surface area (Å²) in [4.78, 5) is 30.3. The highest BCUT2D eigenvalue weighted by atomic mass is 16.2. The number of benzene rings is 2. The third-order valence-electron chi connectivity index (χ3n) is 4.74. The molecular formula is C21H20N4O2. The second-order valence-corrected chi connectivity index (χ2v) is 6.66. The molecule has 0 bridgehead atoms. The van der Waals surface area contributed by atoms with Gasteiger partial charge in [0.15, 0.2) is 0 Å². The van der Waals surface area contributed by atoms with Gasteiger partial charge in [0.1, 0.15) is 0 Å². The van der Waals surface area contributed by atoms with Crippen LogP contribution in [0.5, 0.6) is 0 Å². The Labute approximate surface area is 156 Å². The number of carbonyl (C=O) groups is 1. The molecule has 0 radical (unpaired) electrons. The summed E-state index contributed by atoms with van der Waals surface area (Å²) in [5.41, 5.74) is 4.77. The average molecular weight is 360 g/mol. The number of amides is 1. The summed E-state index contributed by atoms with van der Waals surface area (Å²) in [6.07, 6.45) is 4.01. The first kappa shape index (κ1) is 17.1. The molecule has 1 aliphatic carbocycles. The van der Waals surface area contributed by atoms with Crippen molar-refractivity contribution in [1.29, 1.82) is 0 Å². The molecule has 1 saturated carbocycles. The molecule has 0 aliphatic heterocycles. The van der Waals surface area contributed by atoms with Crippen molar-refractivity contribution in [3.05, 3.63) is 76.3 Å². The molecule has 1 heterocycles. The van der Waals surface area contributed by atoms with Gasteiger partial charge in [-0.15, -0.1) is 0 Å². The van der Waals surface area contributed by atoms with Gasteiger partial charge in [-0.3, -0.25) is 14.2 Å². The third-order valence-corrected chi connectivity index (χ3v) is 4.74. The van der Waals surface area contributed by atoms with Crippen molar-refractivity contribution in [2.45, 2.75) is 32.2 Å². The lowest BCUT2D eigenvalue weighted by molar-refractivity contribution is 0.0939. The molecule has 4 rings (SSSR count). The fourth-order valence-corrected chi connectivity index (χ4v) is 3.33. The Morgan fingerprint density at radius 2 is 1.74 bits per heavy atom. The lowest BCUT2D eigenvalue weighted by atomic mass is 10.2. The summed E-state index contributed by atoms with van der Waals surface area (Å²) in [6, 6.07) is 16.6. The van der Waals surface area contributed by atoms with Crippen molar-refractivity contribution < 1.29 is 4.79 Å². The Kier molecular flexibility index (Phi) is 4.78. The topological polar surface area (TPSA) is 76.3 Å². The molecule has 0 spiro atoms. The van der Waals surface area contributed by atoms with E-state index in [2.05, 4.69) is 15.5 Å². The van der Waals surface area contributed by atoms with Crippen LogP contribution in [0.1, 0.15) is 41.9 Å². The van der Waals surface area contributed by atoms with Gasteiger partial charge in [-0.1, -0.05) is 42.5 Å². The largest absolute Gasteiger partial charge is 0.307 e. The number of nitrogens with zero attached hydrogens (tertiary/aromatic N) is 3. The first-order valence-corrected chi connectivity index (χ1v) is 9.11. The summed E-state index contributed by atoms with van der Waals surface area (Å²) in [5, 5.41) is 4.71. The van der Waals surface area contributed by atoms with E-state index in [0.717, 1.165) is 37.0 Å². The van der Waals surface area contributed by atoms with Crippen molar-refractivity contribution in [2.75, 3.05) is 0 Å². The highest BCUT2D eigenvalue weighted by Crippen LogP contribution is 2.14. The smallest absolute Gasteiger partial charge is 0.283 e. The van der Waals surface area contributed by atoms with Crippen LogP contribution in [-0.2, 0) is 6.54 Å². The van der Waals surface area contributed by atoms with E-state index >= 15 is 0 Å². The maximum Gasteiger partial charge on any atom is 0.307 e. The van der Waals surface area contributed by atoms with Crippen LogP contribution in [0.25, 0.3) is 10.9 Å². The number of hydrogen-bond acceptors (Lipinski definition) is 4. The van der Waals surface area contributed by atoms with Gasteiger partial charge in [0.05, 0.1) is 17.4 Å². The van der Waals surface area contributed by atoms with E-state index in [9.17, 15) is 9.59 Å². The number of fused-ring (bicyclic) bond motifs is 1. The fourth-order valence-electron chi connectivity index (χ4n) is 3.33. The van der Waals surface area contributed by atoms with Gasteiger partial charge in [0.2, 0.25) is 5.82 Å². The molecule has 0 saturated heterocycles. The molecule has 1 fully saturated rings. The maximum absolute atomic E-state index is 13.0. The third kappa shape index (κ3) is 3.65. The highest BCUT2D eigenvalue weighted by molar-refractivity contribution is 5.94. The summed E-state index contributed by atoms with van der Waals surface area (Å²) >= 11 is 0. The van der Waals surface area contributed by atoms with Crippen LogP contribution in [0.2, 0.25) is 0 Å². The number of hydrazone groups is 1. The van der Waals surface area contributed by atoms with E-state index in [1.54, 1.807) is 24.3 Å². The molecule has 6 nitrogen and oxygen atoms in total. The van der Waals surface area contributed by atoms with Gasteiger partial charge in [-0.05, 0) is 43.4 Å². The summed E-state index contributed by atoms with van der Waals surface area (Å²) in [6.45, 7) is 0.275. The van der Waals surface area contributed by atoms with Crippen molar-refractivity contribution >= 4 is 22.5 Å². The summed E-state index contributed by atoms with van der Waals surface area (Å²) in [7, 11) is 0. The van der Waals surface area contributed by atoms with Gasteiger partial charge < -0.3 is 0 Å². The lowest BCUT2D eigenvalue weighted by Crippen LogP contribution is -2.32. The van der Waals surface area contributed by atoms with Crippen LogP contribution in [0.15, 0.2) is 64.5 Å². The average Bonchev–Trinajstić information content (AvgIpc) is 3.23. The van der Waals surface area contributed by atoms with E-state index in [1.807, 2.05) is 30.3 Å². The lowest BCUT2D eigenvalue weighted by Gasteiger charge is -2.12. The zero-order chi connectivity index (χ0) is 18.6. The molecule has 136 valence electrons. The number of aromatic nitrogens is 2. The van der Waals surface area contributed by atoms with Crippen molar-refractivity contribution in [1.82, 2.24) is 15.0 Å². The Bertz CT molecular complexity index is 1060. The Morgan fingerprint density at radius 1 is 1.04 bits per heavy atom. The predicted octanol–water partition coefficient (Wildman–Crippen LogP) is 3.10. The molecule has 27 heavy (non-hydrogen) atoms. The number of hydrogen-bond donors (Lipinski definition) is 1. The molecule has 0 atom stereocenters. The monoisotopic (exact) mass is 360 g/mol. The minimum absolute atomic E-state index is 0.0740. The van der Waals surface area contributed by atoms with Crippen LogP contribution in [0, 0.1) is 0 Å². The van der Waals surface area contributed by atoms with Gasteiger partial charge >= 0.3 is 5.91 Å². The Hall–Kier alpha value is -3.28. The molecule has 1 amide bonds. The Balaban J connectivity index is 1.77. The molecule has 6 heteroatoms. The standard InChI is InChI=1S/C21H20N4O2/c26-20(24-23-16-10-4-5-11-16)19-22-18-13-7-6-12-17(18)21(27)25(19)14-15-8-2-1-3-9-15/h1-3,6-9,12-13H,4-5,10-11,14H2,(H,24,26). The predicted molar refractivity (Wildman–Crippen MR) is 105 cm³/mol. The van der Waals surface area contributed by atoms with E-state index < -0.39 is 5.91 Å². The molecule has 3 aromatic rings. The minimum Gasteiger partial charge on any atom is -0.283 e. The van der Waals surface area contributed by atoms with E-state index in [-0.39, 0.29) is 17.9 Å². The molecule has 1 aliphatic rings. The molecular weight excluding hydrogens is 340 g/mol. The fraction of sp³-hybridized carbons (Fsp3) is 0.238. The van der Waals surface area contributed by atoms with Crippen LogP contribution in [0.3, 0.4) is 0 Å². The van der Waals surface area contributed by atoms with Crippen LogP contribution < -0.4 is 11.0 Å². The number of nitrogens with one attached hydrogen (secondary N) is 1. The van der Waals surface area contributed by atoms with E-state index in [4.69, 9.17) is 0 Å². The zero-order valence-electron chi connectivity index (χ0n) is 14.9. The quantitative estimate of drug-likeness (QED) is 0.726. The molecule has 1 aromatic heterocycles. The normalized spacial score (nSPS) is 13.7. The van der Waals surface area contributed by atoms with Crippen LogP contribution in [-0.4, -0.2) is 21.2 Å². The second kappa shape index (κ2) is 7.53. The molecule has 1 N–H and O–H groups in total. The number of rotatable bonds is 4. The maximum atomic E-state index is 13.0. The highest BCUT2D eigenvalue weighted by Gasteiger charge is 2.18. The van der Waals surface area contributed by atoms with Gasteiger partial charge in [0.25, 0.3) is 5.56 Å². The van der Waals surface area contributed by atoms with Gasteiger partial charge in [-0.2, -0.15) is 5.10 Å². The Morgan fingerprint density at radius 3 is 2.52 bits per heavy atom. The van der Waals surface area contributed by atoms with E-state index in [0.29, 0.717) is 10.9 Å². The first-order chi connectivity index (χ1) is 13.2. The van der Waals surface area contributed by atoms with Gasteiger partial charge in [-0.25, -0.2) is 10.4 Å². The SMILES string of the molecule is O=C(NN=C1CCCC1)c1nc2ccccc2c(=O)n1Cc1ccccc1.